The van der Waals surface area contributed by atoms with Crippen molar-refractivity contribution >= 4 is 38.4 Å². The molecule has 0 spiro atoms. The maximum atomic E-state index is 12.9. The van der Waals surface area contributed by atoms with Gasteiger partial charge >= 0.3 is 0 Å². The fourth-order valence-electron chi connectivity index (χ4n) is 2.95. The molecule has 5 nitrogen and oxygen atoms in total. The molecule has 0 saturated carbocycles. The highest BCUT2D eigenvalue weighted by atomic mass is 79.9. The standard InChI is InChI=1S/C14H19BrN2O3S.ClH/c1-17(12-2-5-16-6-3-12)21(18,19)13-9-11(15)8-10-4-7-20-14(10)13;/h8-9,12,16H,2-7H2,1H3;1H. The molecule has 0 atom stereocenters. The average Bonchev–Trinajstić information content (AvgIpc) is 2.94. The molecular formula is C14H20BrClN2O3S. The lowest BCUT2D eigenvalue weighted by Gasteiger charge is -2.31. The molecule has 0 aromatic heterocycles. The Balaban J connectivity index is 0.00000176. The number of hydrogen-bond donors (Lipinski definition) is 1. The Morgan fingerprint density at radius 2 is 2.00 bits per heavy atom. The van der Waals surface area contributed by atoms with Gasteiger partial charge in [0.15, 0.2) is 0 Å². The Kier molecular flexibility index (Phi) is 5.77. The Bertz CT molecular complexity index is 648. The molecule has 0 unspecified atom stereocenters. The predicted molar refractivity (Wildman–Crippen MR) is 91.4 cm³/mol. The van der Waals surface area contributed by atoms with Gasteiger partial charge in [-0.05, 0) is 38.1 Å². The number of rotatable bonds is 3. The summed E-state index contributed by atoms with van der Waals surface area (Å²) in [4.78, 5) is 0.283. The highest BCUT2D eigenvalue weighted by Crippen LogP contribution is 2.37. The fourth-order valence-corrected chi connectivity index (χ4v) is 5.22. The van der Waals surface area contributed by atoms with E-state index < -0.39 is 10.0 Å². The van der Waals surface area contributed by atoms with Crippen LogP contribution in [0.2, 0.25) is 0 Å². The Morgan fingerprint density at radius 1 is 1.32 bits per heavy atom. The number of halogens is 2. The van der Waals surface area contributed by atoms with E-state index in [1.165, 1.54) is 4.31 Å². The molecule has 3 rings (SSSR count). The van der Waals surface area contributed by atoms with Gasteiger partial charge in [-0.15, -0.1) is 12.4 Å². The summed E-state index contributed by atoms with van der Waals surface area (Å²) in [5.74, 6) is 0.527. The van der Waals surface area contributed by atoms with E-state index in [2.05, 4.69) is 21.2 Å². The first-order valence-corrected chi connectivity index (χ1v) is 9.37. The molecule has 2 aliphatic rings. The second kappa shape index (κ2) is 7.05. The number of hydrogen-bond acceptors (Lipinski definition) is 4. The maximum absolute atomic E-state index is 12.9. The molecular weight excluding hydrogens is 392 g/mol. The Hall–Kier alpha value is -0.340. The number of sulfonamides is 1. The lowest BCUT2D eigenvalue weighted by atomic mass is 10.1. The van der Waals surface area contributed by atoms with Crippen LogP contribution in [0, 0.1) is 0 Å². The van der Waals surface area contributed by atoms with Crippen molar-refractivity contribution in [1.29, 1.82) is 0 Å². The lowest BCUT2D eigenvalue weighted by Crippen LogP contribution is -2.43. The van der Waals surface area contributed by atoms with E-state index in [1.54, 1.807) is 13.1 Å². The van der Waals surface area contributed by atoms with E-state index in [9.17, 15) is 8.42 Å². The molecule has 1 fully saturated rings. The largest absolute Gasteiger partial charge is 0.492 e. The average molecular weight is 412 g/mol. The van der Waals surface area contributed by atoms with Crippen LogP contribution >= 0.6 is 28.3 Å². The van der Waals surface area contributed by atoms with Gasteiger partial charge in [-0.1, -0.05) is 15.9 Å². The van der Waals surface area contributed by atoms with Gasteiger partial charge < -0.3 is 10.1 Å². The van der Waals surface area contributed by atoms with Crippen molar-refractivity contribution in [3.63, 3.8) is 0 Å². The van der Waals surface area contributed by atoms with Gasteiger partial charge in [-0.2, -0.15) is 4.31 Å². The first-order valence-electron chi connectivity index (χ1n) is 7.14. The molecule has 2 aliphatic heterocycles. The summed E-state index contributed by atoms with van der Waals surface area (Å²) >= 11 is 3.40. The van der Waals surface area contributed by atoms with Crippen molar-refractivity contribution in [3.8, 4) is 5.75 Å². The number of nitrogens with one attached hydrogen (secondary N) is 1. The topological polar surface area (TPSA) is 58.6 Å². The second-order valence-electron chi connectivity index (χ2n) is 5.49. The van der Waals surface area contributed by atoms with E-state index in [-0.39, 0.29) is 23.3 Å². The molecule has 124 valence electrons. The smallest absolute Gasteiger partial charge is 0.246 e. The van der Waals surface area contributed by atoms with Crippen molar-refractivity contribution in [2.45, 2.75) is 30.2 Å². The van der Waals surface area contributed by atoms with Gasteiger partial charge in [0.2, 0.25) is 10.0 Å². The number of benzene rings is 1. The maximum Gasteiger partial charge on any atom is 0.246 e. The van der Waals surface area contributed by atoms with Crippen LogP contribution in [-0.4, -0.2) is 45.5 Å². The number of ether oxygens (including phenoxy) is 1. The molecule has 0 radical (unpaired) electrons. The van der Waals surface area contributed by atoms with Gasteiger partial charge in [0.1, 0.15) is 10.6 Å². The van der Waals surface area contributed by atoms with Crippen molar-refractivity contribution < 1.29 is 13.2 Å². The minimum absolute atomic E-state index is 0. The summed E-state index contributed by atoms with van der Waals surface area (Å²) in [6.07, 6.45) is 2.44. The van der Waals surface area contributed by atoms with Crippen LogP contribution in [-0.2, 0) is 16.4 Å². The zero-order valence-corrected chi connectivity index (χ0v) is 15.6. The van der Waals surface area contributed by atoms with E-state index >= 15 is 0 Å². The van der Waals surface area contributed by atoms with Gasteiger partial charge in [0.05, 0.1) is 6.61 Å². The van der Waals surface area contributed by atoms with E-state index in [4.69, 9.17) is 4.74 Å². The summed E-state index contributed by atoms with van der Waals surface area (Å²) in [7, 11) is -1.86. The van der Waals surface area contributed by atoms with Gasteiger partial charge in [0.25, 0.3) is 0 Å². The first-order chi connectivity index (χ1) is 10.00. The summed E-state index contributed by atoms with van der Waals surface area (Å²) in [6, 6.07) is 3.63. The van der Waals surface area contributed by atoms with Crippen LogP contribution in [0.15, 0.2) is 21.5 Å². The summed E-state index contributed by atoms with van der Waals surface area (Å²) in [5.41, 5.74) is 0.960. The molecule has 1 N–H and O–H groups in total. The minimum Gasteiger partial charge on any atom is -0.492 e. The van der Waals surface area contributed by atoms with Crippen LogP contribution in [0.5, 0.6) is 5.75 Å². The van der Waals surface area contributed by atoms with E-state index in [1.807, 2.05) is 6.07 Å². The Morgan fingerprint density at radius 3 is 2.68 bits per heavy atom. The van der Waals surface area contributed by atoms with Crippen molar-refractivity contribution in [3.05, 3.63) is 22.2 Å². The summed E-state index contributed by atoms with van der Waals surface area (Å²) in [5, 5.41) is 3.26. The molecule has 1 aromatic carbocycles. The predicted octanol–water partition coefficient (Wildman–Crippen LogP) is 2.18. The van der Waals surface area contributed by atoms with Crippen molar-refractivity contribution in [1.82, 2.24) is 9.62 Å². The third-order valence-corrected chi connectivity index (χ3v) is 6.57. The zero-order valence-electron chi connectivity index (χ0n) is 12.3. The second-order valence-corrected chi connectivity index (χ2v) is 8.37. The summed E-state index contributed by atoms with van der Waals surface area (Å²) < 4.78 is 33.8. The summed E-state index contributed by atoms with van der Waals surface area (Å²) in [6.45, 7) is 2.26. The molecule has 0 aliphatic carbocycles. The van der Waals surface area contributed by atoms with Crippen LogP contribution in [0.1, 0.15) is 18.4 Å². The van der Waals surface area contributed by atoms with Crippen LogP contribution in [0.25, 0.3) is 0 Å². The Labute approximate surface area is 146 Å². The molecule has 1 saturated heterocycles. The van der Waals surface area contributed by atoms with E-state index in [0.717, 1.165) is 42.4 Å². The first kappa shape index (κ1) is 18.0. The monoisotopic (exact) mass is 410 g/mol. The third kappa shape index (κ3) is 3.28. The quantitative estimate of drug-likeness (QED) is 0.828. The van der Waals surface area contributed by atoms with Crippen LogP contribution in [0.4, 0.5) is 0 Å². The molecule has 0 bridgehead atoms. The molecule has 0 amide bonds. The zero-order chi connectivity index (χ0) is 15.0. The van der Waals surface area contributed by atoms with Crippen molar-refractivity contribution in [2.24, 2.45) is 0 Å². The minimum atomic E-state index is -3.54. The lowest BCUT2D eigenvalue weighted by molar-refractivity contribution is 0.294. The van der Waals surface area contributed by atoms with E-state index in [0.29, 0.717) is 12.4 Å². The number of piperidine rings is 1. The normalized spacial score (nSPS) is 18.7. The van der Waals surface area contributed by atoms with Crippen molar-refractivity contribution in [2.75, 3.05) is 26.7 Å². The van der Waals surface area contributed by atoms with Gasteiger partial charge in [0, 0.05) is 29.5 Å². The molecule has 8 heteroatoms. The molecule has 1 aromatic rings. The highest BCUT2D eigenvalue weighted by molar-refractivity contribution is 9.10. The molecule has 2 heterocycles. The number of fused-ring (bicyclic) bond motifs is 1. The highest BCUT2D eigenvalue weighted by Gasteiger charge is 2.33. The molecule has 22 heavy (non-hydrogen) atoms. The van der Waals surface area contributed by atoms with Crippen LogP contribution < -0.4 is 10.1 Å². The number of nitrogens with zero attached hydrogens (tertiary/aromatic N) is 1. The SMILES string of the molecule is CN(C1CCNCC1)S(=O)(=O)c1cc(Br)cc2c1OCC2.Cl. The van der Waals surface area contributed by atoms with Gasteiger partial charge in [-0.3, -0.25) is 0 Å². The fraction of sp³-hybridized carbons (Fsp3) is 0.571. The van der Waals surface area contributed by atoms with Gasteiger partial charge in [-0.25, -0.2) is 8.42 Å². The third-order valence-electron chi connectivity index (χ3n) is 4.19. The van der Waals surface area contributed by atoms with Crippen LogP contribution in [0.3, 0.4) is 0 Å².